The van der Waals surface area contributed by atoms with Crippen LogP contribution >= 0.6 is 23.4 Å². The van der Waals surface area contributed by atoms with Crippen molar-refractivity contribution in [3.8, 4) is 0 Å². The van der Waals surface area contributed by atoms with Gasteiger partial charge < -0.3 is 4.98 Å². The fourth-order valence-electron chi connectivity index (χ4n) is 2.08. The van der Waals surface area contributed by atoms with Gasteiger partial charge in [-0.2, -0.15) is 0 Å². The minimum absolute atomic E-state index is 0.283. The topological polar surface area (TPSA) is 70.2 Å². The van der Waals surface area contributed by atoms with Crippen LogP contribution in [0.25, 0.3) is 6.08 Å². The Labute approximate surface area is 141 Å². The van der Waals surface area contributed by atoms with Gasteiger partial charge in [-0.15, -0.1) is 0 Å². The molecule has 2 aromatic rings. The van der Waals surface area contributed by atoms with E-state index in [-0.39, 0.29) is 12.3 Å². The van der Waals surface area contributed by atoms with Crippen LogP contribution in [0.3, 0.4) is 0 Å². The average Bonchev–Trinajstić information content (AvgIpc) is 3.12. The molecule has 2 heterocycles. The summed E-state index contributed by atoms with van der Waals surface area (Å²) in [5.74, 6) is -0.776. The fourth-order valence-corrected chi connectivity index (χ4v) is 3.04. The molecule has 1 fully saturated rings. The van der Waals surface area contributed by atoms with Crippen molar-refractivity contribution < 1.29 is 14.4 Å². The molecule has 0 atom stereocenters. The highest BCUT2D eigenvalue weighted by Gasteiger charge is 2.36. The number of hydrogen-bond donors (Lipinski definition) is 1. The van der Waals surface area contributed by atoms with E-state index in [9.17, 15) is 14.4 Å². The lowest BCUT2D eigenvalue weighted by atomic mass is 10.1. The van der Waals surface area contributed by atoms with Gasteiger partial charge in [0.25, 0.3) is 11.1 Å². The quantitative estimate of drug-likeness (QED) is 0.678. The number of carbonyl (C=O) groups is 3. The molecular formula is C16H11ClN2O3S. The van der Waals surface area contributed by atoms with Crippen molar-refractivity contribution in [1.29, 1.82) is 0 Å². The summed E-state index contributed by atoms with van der Waals surface area (Å²) in [4.78, 5) is 40.7. The summed E-state index contributed by atoms with van der Waals surface area (Å²) in [5.41, 5.74) is 1.13. The van der Waals surface area contributed by atoms with Crippen LogP contribution in [0.1, 0.15) is 16.1 Å². The molecule has 5 nitrogen and oxygen atoms in total. The first-order valence-corrected chi connectivity index (χ1v) is 7.91. The molecule has 1 aliphatic rings. The molecule has 1 aliphatic heterocycles. The molecule has 0 radical (unpaired) electrons. The molecule has 23 heavy (non-hydrogen) atoms. The van der Waals surface area contributed by atoms with Crippen molar-refractivity contribution in [2.75, 3.05) is 6.54 Å². The predicted molar refractivity (Wildman–Crippen MR) is 89.3 cm³/mol. The third-order valence-electron chi connectivity index (χ3n) is 3.25. The average molecular weight is 347 g/mol. The molecule has 3 rings (SSSR count). The number of benzene rings is 1. The van der Waals surface area contributed by atoms with Crippen molar-refractivity contribution in [3.05, 3.63) is 63.8 Å². The van der Waals surface area contributed by atoms with Crippen LogP contribution in [0.15, 0.2) is 47.5 Å². The summed E-state index contributed by atoms with van der Waals surface area (Å²) in [6.45, 7) is -0.283. The van der Waals surface area contributed by atoms with E-state index in [0.717, 1.165) is 22.4 Å². The van der Waals surface area contributed by atoms with Gasteiger partial charge in [-0.3, -0.25) is 19.3 Å². The largest absolute Gasteiger partial charge is 0.362 e. The first-order chi connectivity index (χ1) is 11.0. The second-order valence-electron chi connectivity index (χ2n) is 4.82. The Morgan fingerprint density at radius 1 is 1.22 bits per heavy atom. The van der Waals surface area contributed by atoms with E-state index in [1.54, 1.807) is 48.7 Å². The monoisotopic (exact) mass is 346 g/mol. The lowest BCUT2D eigenvalue weighted by Crippen LogP contribution is -2.33. The van der Waals surface area contributed by atoms with Crippen LogP contribution in [0.4, 0.5) is 4.79 Å². The number of nitrogens with zero attached hydrogens (tertiary/aromatic N) is 1. The first kappa shape index (κ1) is 15.6. The van der Waals surface area contributed by atoms with E-state index in [0.29, 0.717) is 15.5 Å². The smallest absolute Gasteiger partial charge is 0.293 e. The van der Waals surface area contributed by atoms with Gasteiger partial charge in [-0.1, -0.05) is 11.6 Å². The summed E-state index contributed by atoms with van der Waals surface area (Å²) in [6.07, 6.45) is 3.32. The van der Waals surface area contributed by atoms with E-state index < -0.39 is 11.1 Å². The number of imide groups is 1. The Morgan fingerprint density at radius 2 is 1.96 bits per heavy atom. The van der Waals surface area contributed by atoms with Crippen LogP contribution < -0.4 is 0 Å². The van der Waals surface area contributed by atoms with E-state index in [1.807, 2.05) is 0 Å². The summed E-state index contributed by atoms with van der Waals surface area (Å²) in [7, 11) is 0. The number of aromatic amines is 1. The minimum atomic E-state index is -0.461. The lowest BCUT2D eigenvalue weighted by molar-refractivity contribution is -0.122. The van der Waals surface area contributed by atoms with Gasteiger partial charge in [0.1, 0.15) is 0 Å². The number of carbonyl (C=O) groups excluding carboxylic acids is 3. The van der Waals surface area contributed by atoms with Crippen molar-refractivity contribution in [2.24, 2.45) is 0 Å². The zero-order valence-electron chi connectivity index (χ0n) is 11.8. The van der Waals surface area contributed by atoms with Gasteiger partial charge in [-0.25, -0.2) is 0 Å². The zero-order chi connectivity index (χ0) is 16.4. The number of amides is 2. The number of rotatable bonds is 4. The maximum absolute atomic E-state index is 12.3. The third-order valence-corrected chi connectivity index (χ3v) is 4.41. The highest BCUT2D eigenvalue weighted by molar-refractivity contribution is 8.18. The van der Waals surface area contributed by atoms with Crippen molar-refractivity contribution >= 4 is 46.4 Å². The van der Waals surface area contributed by atoms with Gasteiger partial charge >= 0.3 is 0 Å². The maximum atomic E-state index is 12.3. The number of Topliss-reactive ketones (excluding diaryl/α,β-unsaturated/α-hetero) is 1. The molecule has 1 aromatic heterocycles. The van der Waals surface area contributed by atoms with Crippen molar-refractivity contribution in [1.82, 2.24) is 9.88 Å². The molecule has 0 bridgehead atoms. The predicted octanol–water partition coefficient (Wildman–Crippen LogP) is 3.59. The molecular weight excluding hydrogens is 336 g/mol. The van der Waals surface area contributed by atoms with Gasteiger partial charge in [-0.05, 0) is 54.2 Å². The number of thioether (sulfide) groups is 1. The summed E-state index contributed by atoms with van der Waals surface area (Å²) >= 11 is 6.60. The molecule has 1 saturated heterocycles. The van der Waals surface area contributed by atoms with Gasteiger partial charge in [0.05, 0.1) is 11.4 Å². The molecule has 2 amide bonds. The normalized spacial score (nSPS) is 16.4. The Morgan fingerprint density at radius 3 is 2.61 bits per heavy atom. The van der Waals surface area contributed by atoms with Gasteiger partial charge in [0.15, 0.2) is 5.78 Å². The molecule has 0 unspecified atom stereocenters. The van der Waals surface area contributed by atoms with Crippen LogP contribution in [0.2, 0.25) is 5.02 Å². The lowest BCUT2D eigenvalue weighted by Gasteiger charge is -2.11. The number of aromatic nitrogens is 1. The van der Waals surface area contributed by atoms with Crippen LogP contribution in [-0.4, -0.2) is 33.4 Å². The van der Waals surface area contributed by atoms with E-state index in [2.05, 4.69) is 4.98 Å². The number of nitrogens with one attached hydrogen (secondary N) is 1. The van der Waals surface area contributed by atoms with E-state index in [1.165, 1.54) is 0 Å². The number of halogens is 1. The van der Waals surface area contributed by atoms with Crippen molar-refractivity contribution in [3.63, 3.8) is 0 Å². The first-order valence-electron chi connectivity index (χ1n) is 6.72. The Kier molecular flexibility index (Phi) is 4.36. The Bertz CT molecular complexity index is 797. The summed E-state index contributed by atoms with van der Waals surface area (Å²) in [6, 6.07) is 9.89. The maximum Gasteiger partial charge on any atom is 0.293 e. The fraction of sp³-hybridized carbons (Fsp3) is 0.0625. The molecule has 1 N–H and O–H groups in total. The highest BCUT2D eigenvalue weighted by Crippen LogP contribution is 2.32. The molecule has 1 aromatic carbocycles. The molecule has 0 saturated carbocycles. The van der Waals surface area contributed by atoms with Crippen molar-refractivity contribution in [2.45, 2.75) is 0 Å². The second kappa shape index (κ2) is 6.44. The number of ketones is 1. The SMILES string of the molecule is O=C(CN1C(=O)S/C(=C\c2ccc[nH]2)C1=O)c1ccc(Cl)cc1. The van der Waals surface area contributed by atoms with E-state index >= 15 is 0 Å². The summed E-state index contributed by atoms with van der Waals surface area (Å²) in [5, 5.41) is 0.0664. The molecule has 7 heteroatoms. The Hall–Kier alpha value is -2.31. The standard InChI is InChI=1S/C16H11ClN2O3S/c17-11-5-3-10(4-6-11)13(20)9-19-15(21)14(23-16(19)22)8-12-2-1-7-18-12/h1-8,18H,9H2/b14-8-. The van der Waals surface area contributed by atoms with E-state index in [4.69, 9.17) is 11.6 Å². The zero-order valence-corrected chi connectivity index (χ0v) is 13.4. The second-order valence-corrected chi connectivity index (χ2v) is 6.25. The van der Waals surface area contributed by atoms with Crippen LogP contribution in [0.5, 0.6) is 0 Å². The van der Waals surface area contributed by atoms with Gasteiger partial charge in [0.2, 0.25) is 0 Å². The molecule has 116 valence electrons. The van der Waals surface area contributed by atoms with Crippen LogP contribution in [-0.2, 0) is 4.79 Å². The molecule has 0 aliphatic carbocycles. The summed E-state index contributed by atoms with van der Waals surface area (Å²) < 4.78 is 0. The van der Waals surface area contributed by atoms with Crippen LogP contribution in [0, 0.1) is 0 Å². The number of hydrogen-bond acceptors (Lipinski definition) is 4. The number of H-pyrrole nitrogens is 1. The van der Waals surface area contributed by atoms with Gasteiger partial charge in [0, 0.05) is 22.5 Å². The highest BCUT2D eigenvalue weighted by atomic mass is 35.5. The molecule has 0 spiro atoms. The minimum Gasteiger partial charge on any atom is -0.362 e. The Balaban J connectivity index is 1.75. The third kappa shape index (κ3) is 3.38.